The second-order valence-corrected chi connectivity index (χ2v) is 7.28. The number of piperidine rings is 1. The summed E-state index contributed by atoms with van der Waals surface area (Å²) in [6.45, 7) is 3.69. The summed E-state index contributed by atoms with van der Waals surface area (Å²) in [6.07, 6.45) is 3.32. The molecule has 0 saturated carbocycles. The van der Waals surface area contributed by atoms with Crippen LogP contribution in [0.5, 0.6) is 5.75 Å². The minimum absolute atomic E-state index is 0.0138. The van der Waals surface area contributed by atoms with E-state index in [0.717, 1.165) is 59.5 Å². The van der Waals surface area contributed by atoms with Gasteiger partial charge in [-0.1, -0.05) is 11.6 Å². The highest BCUT2D eigenvalue weighted by molar-refractivity contribution is 6.00. The summed E-state index contributed by atoms with van der Waals surface area (Å²) >= 11 is 0. The largest absolute Gasteiger partial charge is 0.497 e. The Hall–Kier alpha value is -3.08. The summed E-state index contributed by atoms with van der Waals surface area (Å²) < 4.78 is 5.24. The topological polar surface area (TPSA) is 54.5 Å². The molecular formula is C23H25N3O2. The molecule has 1 amide bonds. The molecule has 0 unspecified atom stereocenters. The van der Waals surface area contributed by atoms with Crippen LogP contribution >= 0.6 is 0 Å². The zero-order chi connectivity index (χ0) is 19.5. The number of ether oxygens (including phenoxy) is 1. The third kappa shape index (κ3) is 3.79. The first-order chi connectivity index (χ1) is 13.6. The molecule has 1 saturated heterocycles. The number of carbonyl (C=O) groups is 1. The van der Waals surface area contributed by atoms with Crippen LogP contribution in [0.3, 0.4) is 0 Å². The Morgan fingerprint density at radius 3 is 2.50 bits per heavy atom. The van der Waals surface area contributed by atoms with Crippen molar-refractivity contribution < 1.29 is 9.53 Å². The van der Waals surface area contributed by atoms with Gasteiger partial charge in [0.05, 0.1) is 18.3 Å². The molecule has 5 heteroatoms. The fourth-order valence-corrected chi connectivity index (χ4v) is 3.64. The molecule has 5 nitrogen and oxygen atoms in total. The van der Waals surface area contributed by atoms with Crippen LogP contribution in [-0.2, 0) is 0 Å². The number of benzene rings is 2. The van der Waals surface area contributed by atoms with Crippen molar-refractivity contribution >= 4 is 28.2 Å². The minimum atomic E-state index is 0.0138. The maximum absolute atomic E-state index is 13.0. The van der Waals surface area contributed by atoms with Gasteiger partial charge in [0.2, 0.25) is 0 Å². The zero-order valence-corrected chi connectivity index (χ0v) is 16.4. The van der Waals surface area contributed by atoms with Gasteiger partial charge in [-0.3, -0.25) is 4.79 Å². The quantitative estimate of drug-likeness (QED) is 0.703. The number of likely N-dealkylation sites (tertiary alicyclic amines) is 1. The van der Waals surface area contributed by atoms with Crippen LogP contribution in [0.25, 0.3) is 10.9 Å². The van der Waals surface area contributed by atoms with Crippen LogP contribution in [-0.4, -0.2) is 36.0 Å². The minimum Gasteiger partial charge on any atom is -0.497 e. The number of carbonyl (C=O) groups excluding carboxylic acids is 1. The van der Waals surface area contributed by atoms with Gasteiger partial charge >= 0.3 is 0 Å². The molecular weight excluding hydrogens is 350 g/mol. The van der Waals surface area contributed by atoms with E-state index in [0.29, 0.717) is 5.69 Å². The third-order valence-corrected chi connectivity index (χ3v) is 5.20. The second-order valence-electron chi connectivity index (χ2n) is 7.28. The van der Waals surface area contributed by atoms with Crippen molar-refractivity contribution in [3.63, 3.8) is 0 Å². The number of nitrogens with zero attached hydrogens (tertiary/aromatic N) is 2. The number of anilines is 2. The SMILES string of the molecule is COc1ccc(Nc2cc(C(=O)N3CCCCC3)nc3ccc(C)cc23)cc1. The summed E-state index contributed by atoms with van der Waals surface area (Å²) in [5.74, 6) is 0.821. The maximum Gasteiger partial charge on any atom is 0.272 e. The van der Waals surface area contributed by atoms with E-state index in [1.54, 1.807) is 7.11 Å². The molecule has 1 aromatic heterocycles. The van der Waals surface area contributed by atoms with E-state index >= 15 is 0 Å². The standard InChI is InChI=1S/C23H25N3O2/c1-16-6-11-20-19(14-16)21(24-17-7-9-18(28-2)10-8-17)15-22(25-20)23(27)26-12-4-3-5-13-26/h6-11,14-15H,3-5,12-13H2,1-2H3,(H,24,25). The van der Waals surface area contributed by atoms with Crippen molar-refractivity contribution in [3.05, 3.63) is 59.8 Å². The third-order valence-electron chi connectivity index (χ3n) is 5.20. The predicted molar refractivity (Wildman–Crippen MR) is 113 cm³/mol. The highest BCUT2D eigenvalue weighted by Gasteiger charge is 2.21. The van der Waals surface area contributed by atoms with Crippen LogP contribution in [0.1, 0.15) is 35.3 Å². The molecule has 0 aliphatic carbocycles. The van der Waals surface area contributed by atoms with Crippen LogP contribution in [0, 0.1) is 6.92 Å². The molecule has 28 heavy (non-hydrogen) atoms. The van der Waals surface area contributed by atoms with Gasteiger partial charge in [-0.2, -0.15) is 0 Å². The smallest absolute Gasteiger partial charge is 0.272 e. The first-order valence-electron chi connectivity index (χ1n) is 9.76. The van der Waals surface area contributed by atoms with E-state index in [9.17, 15) is 4.79 Å². The molecule has 3 aromatic rings. The van der Waals surface area contributed by atoms with Gasteiger partial charge in [0.1, 0.15) is 11.4 Å². The summed E-state index contributed by atoms with van der Waals surface area (Å²) in [5.41, 5.74) is 4.30. The Bertz CT molecular complexity index is 993. The first kappa shape index (κ1) is 18.3. The number of amides is 1. The molecule has 1 N–H and O–H groups in total. The van der Waals surface area contributed by atoms with Crippen LogP contribution in [0.2, 0.25) is 0 Å². The number of methoxy groups -OCH3 is 1. The first-order valence-corrected chi connectivity index (χ1v) is 9.76. The van der Waals surface area contributed by atoms with Crippen molar-refractivity contribution in [1.29, 1.82) is 0 Å². The second kappa shape index (κ2) is 7.89. The van der Waals surface area contributed by atoms with Gasteiger partial charge in [0.25, 0.3) is 5.91 Å². The van der Waals surface area contributed by atoms with E-state index in [-0.39, 0.29) is 5.91 Å². The van der Waals surface area contributed by atoms with E-state index < -0.39 is 0 Å². The number of aromatic nitrogens is 1. The molecule has 0 spiro atoms. The lowest BCUT2D eigenvalue weighted by Crippen LogP contribution is -2.36. The van der Waals surface area contributed by atoms with Crippen molar-refractivity contribution in [1.82, 2.24) is 9.88 Å². The lowest BCUT2D eigenvalue weighted by Gasteiger charge is -2.26. The summed E-state index contributed by atoms with van der Waals surface area (Å²) in [7, 11) is 1.65. The van der Waals surface area contributed by atoms with Crippen LogP contribution in [0.15, 0.2) is 48.5 Å². The number of hydrogen-bond acceptors (Lipinski definition) is 4. The van der Waals surface area contributed by atoms with Gasteiger partial charge in [-0.15, -0.1) is 0 Å². The number of aryl methyl sites for hydroxylation is 1. The number of fused-ring (bicyclic) bond motifs is 1. The molecule has 4 rings (SSSR count). The normalized spacial score (nSPS) is 14.1. The van der Waals surface area contributed by atoms with Gasteiger partial charge in [-0.25, -0.2) is 4.98 Å². The van der Waals surface area contributed by atoms with E-state index in [1.807, 2.05) is 47.4 Å². The monoisotopic (exact) mass is 375 g/mol. The highest BCUT2D eigenvalue weighted by Crippen LogP contribution is 2.29. The van der Waals surface area contributed by atoms with E-state index in [2.05, 4.69) is 23.3 Å². The van der Waals surface area contributed by atoms with Crippen LogP contribution < -0.4 is 10.1 Å². The van der Waals surface area contributed by atoms with Crippen molar-refractivity contribution in [3.8, 4) is 5.75 Å². The Balaban J connectivity index is 1.73. The molecule has 1 aliphatic rings. The Morgan fingerprint density at radius 2 is 1.79 bits per heavy atom. The lowest BCUT2D eigenvalue weighted by molar-refractivity contribution is 0.0719. The van der Waals surface area contributed by atoms with Crippen molar-refractivity contribution in [2.45, 2.75) is 26.2 Å². The Morgan fingerprint density at radius 1 is 1.04 bits per heavy atom. The van der Waals surface area contributed by atoms with Gasteiger partial charge in [0, 0.05) is 24.2 Å². The fourth-order valence-electron chi connectivity index (χ4n) is 3.64. The number of pyridine rings is 1. The van der Waals surface area contributed by atoms with E-state index in [4.69, 9.17) is 4.74 Å². The maximum atomic E-state index is 13.0. The summed E-state index contributed by atoms with van der Waals surface area (Å²) in [6, 6.07) is 15.7. The lowest BCUT2D eigenvalue weighted by atomic mass is 10.1. The molecule has 0 radical (unpaired) electrons. The van der Waals surface area contributed by atoms with Gasteiger partial charge in [-0.05, 0) is 68.7 Å². The molecule has 1 fully saturated rings. The molecule has 144 valence electrons. The Labute approximate surface area is 165 Å². The average Bonchev–Trinajstić information content (AvgIpc) is 2.74. The summed E-state index contributed by atoms with van der Waals surface area (Å²) in [4.78, 5) is 19.6. The molecule has 1 aliphatic heterocycles. The van der Waals surface area contributed by atoms with Crippen molar-refractivity contribution in [2.24, 2.45) is 0 Å². The number of hydrogen-bond donors (Lipinski definition) is 1. The van der Waals surface area contributed by atoms with E-state index in [1.165, 1.54) is 6.42 Å². The van der Waals surface area contributed by atoms with Gasteiger partial charge in [0.15, 0.2) is 0 Å². The fraction of sp³-hybridized carbons (Fsp3) is 0.304. The molecule has 2 heterocycles. The molecule has 2 aromatic carbocycles. The average molecular weight is 375 g/mol. The van der Waals surface area contributed by atoms with Crippen LogP contribution in [0.4, 0.5) is 11.4 Å². The van der Waals surface area contributed by atoms with Crippen molar-refractivity contribution in [2.75, 3.05) is 25.5 Å². The number of rotatable bonds is 4. The predicted octanol–water partition coefficient (Wildman–Crippen LogP) is 4.92. The summed E-state index contributed by atoms with van der Waals surface area (Å²) in [5, 5.41) is 4.46. The molecule has 0 atom stereocenters. The molecule has 0 bridgehead atoms. The highest BCUT2D eigenvalue weighted by atomic mass is 16.5. The van der Waals surface area contributed by atoms with Gasteiger partial charge < -0.3 is 15.0 Å². The number of nitrogens with one attached hydrogen (secondary N) is 1. The zero-order valence-electron chi connectivity index (χ0n) is 16.4. The Kier molecular flexibility index (Phi) is 5.15.